The zero-order valence-electron chi connectivity index (χ0n) is 13.0. The minimum Gasteiger partial charge on any atom is -0.326 e. The highest BCUT2D eigenvalue weighted by Gasteiger charge is 2.21. The Hall–Kier alpha value is -3.09. The van der Waals surface area contributed by atoms with E-state index in [-0.39, 0.29) is 11.6 Å². The van der Waals surface area contributed by atoms with Crippen molar-refractivity contribution in [1.82, 2.24) is 9.97 Å². The summed E-state index contributed by atoms with van der Waals surface area (Å²) < 4.78 is 40.2. The van der Waals surface area contributed by atoms with E-state index in [0.717, 1.165) is 30.8 Å². The Kier molecular flexibility index (Phi) is 3.76. The number of aromatic nitrogens is 2. The average Bonchev–Trinajstić information content (AvgIpc) is 3.07. The van der Waals surface area contributed by atoms with Crippen LogP contribution in [-0.4, -0.2) is 16.5 Å². The fourth-order valence-corrected chi connectivity index (χ4v) is 2.88. The normalized spacial score (nSPS) is 13.0. The Morgan fingerprint density at radius 1 is 0.960 bits per heavy atom. The van der Waals surface area contributed by atoms with Gasteiger partial charge in [0.2, 0.25) is 5.95 Å². The number of hydrogen-bond donors (Lipinski definition) is 1. The molecule has 1 aromatic heterocycles. The van der Waals surface area contributed by atoms with Crippen LogP contribution in [-0.2, 0) is 6.42 Å². The van der Waals surface area contributed by atoms with E-state index in [2.05, 4.69) is 21.4 Å². The molecule has 0 atom stereocenters. The molecule has 126 valence electrons. The lowest BCUT2D eigenvalue weighted by Crippen LogP contribution is -2.15. The maximum atomic E-state index is 13.8. The Morgan fingerprint density at radius 3 is 2.68 bits per heavy atom. The van der Waals surface area contributed by atoms with E-state index < -0.39 is 17.5 Å². The number of halogens is 3. The van der Waals surface area contributed by atoms with Gasteiger partial charge in [-0.25, -0.2) is 18.2 Å². The number of anilines is 4. The molecular formula is C18H13F3N4. The third kappa shape index (κ3) is 2.77. The molecule has 1 aliphatic rings. The molecule has 0 fully saturated rings. The Labute approximate surface area is 142 Å². The van der Waals surface area contributed by atoms with Crippen molar-refractivity contribution in [1.29, 1.82) is 0 Å². The van der Waals surface area contributed by atoms with Crippen molar-refractivity contribution in [2.75, 3.05) is 16.8 Å². The van der Waals surface area contributed by atoms with E-state index >= 15 is 0 Å². The molecule has 0 aliphatic carbocycles. The predicted molar refractivity (Wildman–Crippen MR) is 88.8 cm³/mol. The summed E-state index contributed by atoms with van der Waals surface area (Å²) in [5.41, 5.74) is 2.06. The van der Waals surface area contributed by atoms with Gasteiger partial charge < -0.3 is 10.2 Å². The van der Waals surface area contributed by atoms with Gasteiger partial charge in [0, 0.05) is 18.4 Å². The third-order valence-electron chi connectivity index (χ3n) is 4.09. The summed E-state index contributed by atoms with van der Waals surface area (Å²) in [7, 11) is 0. The lowest BCUT2D eigenvalue weighted by Gasteiger charge is -2.18. The molecule has 1 aliphatic heterocycles. The number of nitrogens with one attached hydrogen (secondary N) is 1. The molecule has 2 aromatic carbocycles. The van der Waals surface area contributed by atoms with E-state index in [1.54, 1.807) is 6.07 Å². The standard InChI is InChI=1S/C18H13F3N4/c19-12-5-6-13(17(21)16(12)20)23-18-22-9-7-15(24-18)25-10-8-11-3-1-2-4-14(11)25/h1-7,9H,8,10H2,(H,22,23,24). The molecule has 0 radical (unpaired) electrons. The first kappa shape index (κ1) is 15.4. The van der Waals surface area contributed by atoms with E-state index in [4.69, 9.17) is 0 Å². The van der Waals surface area contributed by atoms with Crippen LogP contribution in [0.3, 0.4) is 0 Å². The highest BCUT2D eigenvalue weighted by Crippen LogP contribution is 2.33. The van der Waals surface area contributed by atoms with Gasteiger partial charge >= 0.3 is 0 Å². The third-order valence-corrected chi connectivity index (χ3v) is 4.09. The molecule has 4 rings (SSSR count). The van der Waals surface area contributed by atoms with E-state index in [9.17, 15) is 13.2 Å². The molecule has 25 heavy (non-hydrogen) atoms. The number of hydrogen-bond acceptors (Lipinski definition) is 4. The topological polar surface area (TPSA) is 41.1 Å². The van der Waals surface area contributed by atoms with Crippen molar-refractivity contribution < 1.29 is 13.2 Å². The Bertz CT molecular complexity index is 945. The average molecular weight is 342 g/mol. The van der Waals surface area contributed by atoms with E-state index in [1.165, 1.54) is 11.8 Å². The van der Waals surface area contributed by atoms with Crippen molar-refractivity contribution in [3.63, 3.8) is 0 Å². The molecule has 4 nitrogen and oxygen atoms in total. The van der Waals surface area contributed by atoms with Crippen LogP contribution in [0.5, 0.6) is 0 Å². The zero-order valence-corrected chi connectivity index (χ0v) is 13.0. The summed E-state index contributed by atoms with van der Waals surface area (Å²) in [5.74, 6) is -3.33. The number of rotatable bonds is 3. The van der Waals surface area contributed by atoms with Crippen LogP contribution in [0.1, 0.15) is 5.56 Å². The lowest BCUT2D eigenvalue weighted by atomic mass is 10.2. The maximum Gasteiger partial charge on any atom is 0.229 e. The van der Waals surface area contributed by atoms with Gasteiger partial charge in [-0.2, -0.15) is 4.98 Å². The van der Waals surface area contributed by atoms with Crippen LogP contribution >= 0.6 is 0 Å². The van der Waals surface area contributed by atoms with Crippen LogP contribution in [0, 0.1) is 17.5 Å². The molecule has 1 N–H and O–H groups in total. The predicted octanol–water partition coefficient (Wildman–Crippen LogP) is 4.33. The number of benzene rings is 2. The highest BCUT2D eigenvalue weighted by atomic mass is 19.2. The summed E-state index contributed by atoms with van der Waals surface area (Å²) in [5, 5.41) is 2.60. The highest BCUT2D eigenvalue weighted by molar-refractivity contribution is 5.68. The largest absolute Gasteiger partial charge is 0.326 e. The molecule has 0 amide bonds. The van der Waals surface area contributed by atoms with Crippen molar-refractivity contribution in [2.24, 2.45) is 0 Å². The van der Waals surface area contributed by atoms with Crippen LogP contribution < -0.4 is 10.2 Å². The summed E-state index contributed by atoms with van der Waals surface area (Å²) in [6.07, 6.45) is 2.43. The minimum atomic E-state index is -1.53. The van der Waals surface area contributed by atoms with Crippen molar-refractivity contribution in [3.05, 3.63) is 71.7 Å². The molecule has 0 unspecified atom stereocenters. The maximum absolute atomic E-state index is 13.8. The van der Waals surface area contributed by atoms with Gasteiger partial charge in [-0.1, -0.05) is 18.2 Å². The quantitative estimate of drug-likeness (QED) is 0.719. The number of fused-ring (bicyclic) bond motifs is 1. The Balaban J connectivity index is 1.64. The molecular weight excluding hydrogens is 329 g/mol. The summed E-state index contributed by atoms with van der Waals surface area (Å²) in [6, 6.07) is 11.7. The van der Waals surface area contributed by atoms with Gasteiger partial charge in [0.05, 0.1) is 5.69 Å². The van der Waals surface area contributed by atoms with Gasteiger partial charge in [0.1, 0.15) is 5.82 Å². The smallest absolute Gasteiger partial charge is 0.229 e. The summed E-state index contributed by atoms with van der Waals surface area (Å²) in [4.78, 5) is 10.4. The van der Waals surface area contributed by atoms with Crippen LogP contribution in [0.2, 0.25) is 0 Å². The van der Waals surface area contributed by atoms with Crippen molar-refractivity contribution in [2.45, 2.75) is 6.42 Å². The monoisotopic (exact) mass is 342 g/mol. The first-order chi connectivity index (χ1) is 12.1. The van der Waals surface area contributed by atoms with Gasteiger partial charge in [-0.3, -0.25) is 0 Å². The van der Waals surface area contributed by atoms with Crippen LogP contribution in [0.25, 0.3) is 0 Å². The number of nitrogens with zero attached hydrogens (tertiary/aromatic N) is 3. The van der Waals surface area contributed by atoms with Gasteiger partial charge in [-0.15, -0.1) is 0 Å². The fourth-order valence-electron chi connectivity index (χ4n) is 2.88. The lowest BCUT2D eigenvalue weighted by molar-refractivity contribution is 0.449. The fraction of sp³-hybridized carbons (Fsp3) is 0.111. The molecule has 3 aromatic rings. The van der Waals surface area contributed by atoms with Gasteiger partial charge in [0.25, 0.3) is 0 Å². The molecule has 7 heteroatoms. The minimum absolute atomic E-state index is 0.104. The molecule has 0 bridgehead atoms. The van der Waals surface area contributed by atoms with Crippen molar-refractivity contribution in [3.8, 4) is 0 Å². The second kappa shape index (κ2) is 6.08. The first-order valence-electron chi connectivity index (χ1n) is 7.72. The summed E-state index contributed by atoms with van der Waals surface area (Å²) >= 11 is 0. The molecule has 0 saturated heterocycles. The number of para-hydroxylation sites is 1. The zero-order chi connectivity index (χ0) is 17.4. The first-order valence-corrected chi connectivity index (χ1v) is 7.72. The van der Waals surface area contributed by atoms with E-state index in [0.29, 0.717) is 5.82 Å². The summed E-state index contributed by atoms with van der Waals surface area (Å²) in [6.45, 7) is 0.773. The van der Waals surface area contributed by atoms with Crippen LogP contribution in [0.4, 0.5) is 36.3 Å². The van der Waals surface area contributed by atoms with Crippen LogP contribution in [0.15, 0.2) is 48.7 Å². The second-order valence-corrected chi connectivity index (χ2v) is 5.62. The van der Waals surface area contributed by atoms with E-state index in [1.807, 2.05) is 23.1 Å². The second-order valence-electron chi connectivity index (χ2n) is 5.62. The van der Waals surface area contributed by atoms with Gasteiger partial charge in [-0.05, 0) is 36.2 Å². The Morgan fingerprint density at radius 2 is 1.80 bits per heavy atom. The molecule has 2 heterocycles. The van der Waals surface area contributed by atoms with Gasteiger partial charge in [0.15, 0.2) is 17.5 Å². The van der Waals surface area contributed by atoms with Crippen molar-refractivity contribution >= 4 is 23.1 Å². The SMILES string of the molecule is Fc1ccc(Nc2nccc(N3CCc4ccccc43)n2)c(F)c1F. The molecule has 0 spiro atoms. The molecule has 0 saturated carbocycles.